The predicted molar refractivity (Wildman–Crippen MR) is 56.1 cm³/mol. The minimum absolute atomic E-state index is 0.583. The van der Waals surface area contributed by atoms with Gasteiger partial charge < -0.3 is 4.74 Å². The molecule has 1 nitrogen and oxygen atoms in total. The van der Waals surface area contributed by atoms with Crippen molar-refractivity contribution >= 4 is 5.57 Å². The molecule has 68 valence electrons. The number of benzene rings is 1. The molecular weight excluding hydrogens is 160 g/mol. The van der Waals surface area contributed by atoms with Crippen LogP contribution in [-0.2, 0) is 11.3 Å². The van der Waals surface area contributed by atoms with Gasteiger partial charge >= 0.3 is 0 Å². The van der Waals surface area contributed by atoms with Gasteiger partial charge in [0.15, 0.2) is 0 Å². The van der Waals surface area contributed by atoms with Crippen molar-refractivity contribution in [3.05, 3.63) is 54.8 Å². The fourth-order valence-electron chi connectivity index (χ4n) is 1.04. The summed E-state index contributed by atoms with van der Waals surface area (Å²) in [5.74, 6) is 0. The van der Waals surface area contributed by atoms with E-state index in [0.29, 0.717) is 6.61 Å². The van der Waals surface area contributed by atoms with Crippen LogP contribution in [0.25, 0.3) is 5.57 Å². The van der Waals surface area contributed by atoms with Crippen molar-refractivity contribution in [3.63, 3.8) is 0 Å². The molecule has 0 heterocycles. The first kappa shape index (κ1) is 9.59. The minimum Gasteiger partial charge on any atom is -0.497 e. The Morgan fingerprint density at radius 3 is 2.46 bits per heavy atom. The molecule has 1 aromatic carbocycles. The third kappa shape index (κ3) is 2.79. The van der Waals surface area contributed by atoms with E-state index in [1.807, 2.05) is 31.2 Å². The Morgan fingerprint density at radius 1 is 1.38 bits per heavy atom. The van der Waals surface area contributed by atoms with Crippen molar-refractivity contribution in [1.29, 1.82) is 0 Å². The highest BCUT2D eigenvalue weighted by molar-refractivity contribution is 5.61. The van der Waals surface area contributed by atoms with Crippen LogP contribution in [0.5, 0.6) is 0 Å². The lowest BCUT2D eigenvalue weighted by Gasteiger charge is -2.03. The summed E-state index contributed by atoms with van der Waals surface area (Å²) in [5, 5.41) is 0. The zero-order valence-electron chi connectivity index (χ0n) is 7.92. The highest BCUT2D eigenvalue weighted by atomic mass is 16.5. The van der Waals surface area contributed by atoms with Gasteiger partial charge in [0.25, 0.3) is 0 Å². The summed E-state index contributed by atoms with van der Waals surface area (Å²) in [5.41, 5.74) is 3.39. The van der Waals surface area contributed by atoms with Crippen molar-refractivity contribution < 1.29 is 4.74 Å². The second kappa shape index (κ2) is 4.51. The molecule has 0 aliphatic carbocycles. The maximum atomic E-state index is 5.06. The van der Waals surface area contributed by atoms with E-state index in [1.54, 1.807) is 0 Å². The molecule has 0 atom stereocenters. The quantitative estimate of drug-likeness (QED) is 0.636. The Kier molecular flexibility index (Phi) is 3.32. The average molecular weight is 174 g/mol. The van der Waals surface area contributed by atoms with Crippen molar-refractivity contribution in [2.75, 3.05) is 0 Å². The summed E-state index contributed by atoms with van der Waals surface area (Å²) in [7, 11) is 0. The van der Waals surface area contributed by atoms with Crippen LogP contribution in [0, 0.1) is 0 Å². The smallest absolute Gasteiger partial charge is 0.112 e. The standard InChI is InChI=1S/C12H14O/c1-4-13-9-11-5-7-12(8-6-11)10(2)3/h4-8H,1-2,9H2,3H3. The van der Waals surface area contributed by atoms with E-state index in [9.17, 15) is 0 Å². The molecule has 0 aliphatic heterocycles. The van der Waals surface area contributed by atoms with E-state index >= 15 is 0 Å². The average Bonchev–Trinajstić information content (AvgIpc) is 2.15. The lowest BCUT2D eigenvalue weighted by Crippen LogP contribution is -1.86. The number of hydrogen-bond donors (Lipinski definition) is 0. The number of allylic oxidation sites excluding steroid dienone is 1. The summed E-state index contributed by atoms with van der Waals surface area (Å²) in [4.78, 5) is 0. The second-order valence-corrected chi connectivity index (χ2v) is 2.95. The second-order valence-electron chi connectivity index (χ2n) is 2.95. The van der Waals surface area contributed by atoms with Gasteiger partial charge in [-0.2, -0.15) is 0 Å². The summed E-state index contributed by atoms with van der Waals surface area (Å²) in [6.45, 7) is 9.93. The maximum absolute atomic E-state index is 5.06. The number of ether oxygens (including phenoxy) is 1. The van der Waals surface area contributed by atoms with Crippen LogP contribution >= 0.6 is 0 Å². The fourth-order valence-corrected chi connectivity index (χ4v) is 1.04. The first-order chi connectivity index (χ1) is 6.24. The lowest BCUT2D eigenvalue weighted by molar-refractivity contribution is 0.237. The third-order valence-corrected chi connectivity index (χ3v) is 1.81. The van der Waals surface area contributed by atoms with Crippen molar-refractivity contribution in [1.82, 2.24) is 0 Å². The van der Waals surface area contributed by atoms with Gasteiger partial charge in [-0.1, -0.05) is 43.0 Å². The third-order valence-electron chi connectivity index (χ3n) is 1.81. The van der Waals surface area contributed by atoms with Crippen LogP contribution in [0.4, 0.5) is 0 Å². The highest BCUT2D eigenvalue weighted by Gasteiger charge is 1.94. The monoisotopic (exact) mass is 174 g/mol. The van der Waals surface area contributed by atoms with Gasteiger partial charge in [-0.3, -0.25) is 0 Å². The molecule has 1 rings (SSSR count). The molecule has 0 aliphatic rings. The first-order valence-corrected chi connectivity index (χ1v) is 4.21. The number of hydrogen-bond acceptors (Lipinski definition) is 1. The van der Waals surface area contributed by atoms with Gasteiger partial charge in [-0.25, -0.2) is 0 Å². The van der Waals surface area contributed by atoms with Crippen LogP contribution in [-0.4, -0.2) is 0 Å². The van der Waals surface area contributed by atoms with Crippen molar-refractivity contribution in [2.45, 2.75) is 13.5 Å². The molecule has 13 heavy (non-hydrogen) atoms. The molecule has 0 fully saturated rings. The largest absolute Gasteiger partial charge is 0.497 e. The van der Waals surface area contributed by atoms with E-state index in [4.69, 9.17) is 4.74 Å². The molecule has 1 aromatic rings. The summed E-state index contributed by atoms with van der Waals surface area (Å²) < 4.78 is 5.06. The molecular formula is C12H14O. The zero-order chi connectivity index (χ0) is 9.68. The SMILES string of the molecule is C=COCc1ccc(C(=C)C)cc1. The summed E-state index contributed by atoms with van der Waals surface area (Å²) in [6.07, 6.45) is 1.45. The van der Waals surface area contributed by atoms with Crippen molar-refractivity contribution in [2.24, 2.45) is 0 Å². The van der Waals surface area contributed by atoms with Crippen LogP contribution < -0.4 is 0 Å². The Morgan fingerprint density at radius 2 is 2.00 bits per heavy atom. The van der Waals surface area contributed by atoms with E-state index in [2.05, 4.69) is 13.2 Å². The first-order valence-electron chi connectivity index (χ1n) is 4.21. The fraction of sp³-hybridized carbons (Fsp3) is 0.167. The van der Waals surface area contributed by atoms with Gasteiger partial charge in [0.05, 0.1) is 6.26 Å². The Hall–Kier alpha value is -1.50. The summed E-state index contributed by atoms with van der Waals surface area (Å²) in [6, 6.07) is 8.16. The number of rotatable bonds is 4. The topological polar surface area (TPSA) is 9.23 Å². The van der Waals surface area contributed by atoms with Gasteiger partial charge in [-0.15, -0.1) is 0 Å². The van der Waals surface area contributed by atoms with Crippen LogP contribution in [0.3, 0.4) is 0 Å². The molecule has 0 saturated heterocycles. The molecule has 0 bridgehead atoms. The van der Waals surface area contributed by atoms with Crippen LogP contribution in [0.2, 0.25) is 0 Å². The highest BCUT2D eigenvalue weighted by Crippen LogP contribution is 2.12. The Balaban J connectivity index is 2.69. The van der Waals surface area contributed by atoms with Gasteiger partial charge in [0, 0.05) is 0 Å². The molecule has 1 heteroatoms. The van der Waals surface area contributed by atoms with E-state index < -0.39 is 0 Å². The molecule has 0 saturated carbocycles. The summed E-state index contributed by atoms with van der Waals surface area (Å²) >= 11 is 0. The molecule has 0 radical (unpaired) electrons. The van der Waals surface area contributed by atoms with E-state index in [-0.39, 0.29) is 0 Å². The Labute approximate surface area is 79.4 Å². The normalized spacial score (nSPS) is 9.31. The van der Waals surface area contributed by atoms with Crippen LogP contribution in [0.15, 0.2) is 43.7 Å². The predicted octanol–water partition coefficient (Wildman–Crippen LogP) is 3.38. The van der Waals surface area contributed by atoms with E-state index in [1.165, 1.54) is 11.8 Å². The molecule has 0 spiro atoms. The molecule has 0 unspecified atom stereocenters. The zero-order valence-corrected chi connectivity index (χ0v) is 7.92. The molecule has 0 amide bonds. The van der Waals surface area contributed by atoms with Crippen molar-refractivity contribution in [3.8, 4) is 0 Å². The maximum Gasteiger partial charge on any atom is 0.112 e. The Bertz CT molecular complexity index is 295. The lowest BCUT2D eigenvalue weighted by atomic mass is 10.1. The van der Waals surface area contributed by atoms with Gasteiger partial charge in [0.2, 0.25) is 0 Å². The minimum atomic E-state index is 0.583. The van der Waals surface area contributed by atoms with E-state index in [0.717, 1.165) is 11.1 Å². The van der Waals surface area contributed by atoms with Crippen LogP contribution in [0.1, 0.15) is 18.1 Å². The van der Waals surface area contributed by atoms with Gasteiger partial charge in [-0.05, 0) is 18.1 Å². The van der Waals surface area contributed by atoms with Gasteiger partial charge in [0.1, 0.15) is 6.61 Å². The molecule has 0 N–H and O–H groups in total. The molecule has 0 aromatic heterocycles.